The summed E-state index contributed by atoms with van der Waals surface area (Å²) in [7, 11) is 0. The molecule has 1 rings (SSSR count). The molecule has 1 heterocycles. The molecule has 6 heteroatoms. The third kappa shape index (κ3) is 5.15. The maximum absolute atomic E-state index is 11.7. The number of unbranched alkanes of at least 4 members (excludes halogenated alkanes) is 1. The number of aliphatic imine (C=N–C) groups is 1. The number of ether oxygens (including phenoxy) is 1. The van der Waals surface area contributed by atoms with E-state index in [-0.39, 0.29) is 12.3 Å². The number of morpholine rings is 1. The summed E-state index contributed by atoms with van der Waals surface area (Å²) in [6, 6.07) is 0. The Morgan fingerprint density at radius 3 is 2.83 bits per heavy atom. The van der Waals surface area contributed by atoms with E-state index >= 15 is 0 Å². The van der Waals surface area contributed by atoms with Crippen molar-refractivity contribution in [3.63, 3.8) is 0 Å². The lowest BCUT2D eigenvalue weighted by Crippen LogP contribution is -2.42. The maximum Gasteiger partial charge on any atom is 0.227 e. The van der Waals surface area contributed by atoms with Crippen LogP contribution in [0.3, 0.4) is 0 Å². The molecule has 0 aromatic heterocycles. The molecule has 0 radical (unpaired) electrons. The number of amidine groups is 1. The SMILES string of the molecule is CCCCNC(=O)CC(=NC#N)N1CCOCC1. The molecular formula is C12H20N4O2. The lowest BCUT2D eigenvalue weighted by molar-refractivity contribution is -0.120. The van der Waals surface area contributed by atoms with E-state index in [9.17, 15) is 4.79 Å². The molecule has 6 nitrogen and oxygen atoms in total. The number of carbonyl (C=O) groups excluding carboxylic acids is 1. The van der Waals surface area contributed by atoms with Crippen LogP contribution in [0.4, 0.5) is 0 Å². The second kappa shape index (κ2) is 8.48. The van der Waals surface area contributed by atoms with Crippen molar-refractivity contribution in [2.45, 2.75) is 26.2 Å². The van der Waals surface area contributed by atoms with Gasteiger partial charge in [-0.25, -0.2) is 0 Å². The van der Waals surface area contributed by atoms with Gasteiger partial charge in [-0.1, -0.05) is 13.3 Å². The normalized spacial score (nSPS) is 16.2. The molecule has 0 aromatic rings. The summed E-state index contributed by atoms with van der Waals surface area (Å²) in [6.07, 6.45) is 3.94. The molecule has 0 unspecified atom stereocenters. The van der Waals surface area contributed by atoms with Crippen LogP contribution in [0.1, 0.15) is 26.2 Å². The zero-order chi connectivity index (χ0) is 13.2. The van der Waals surface area contributed by atoms with E-state index in [1.165, 1.54) is 0 Å². The number of nitrogens with one attached hydrogen (secondary N) is 1. The van der Waals surface area contributed by atoms with Crippen LogP contribution in [-0.4, -0.2) is 49.5 Å². The topological polar surface area (TPSA) is 77.7 Å². The number of hydrogen-bond donors (Lipinski definition) is 1. The monoisotopic (exact) mass is 252 g/mol. The first-order valence-corrected chi connectivity index (χ1v) is 6.33. The molecule has 100 valence electrons. The first-order valence-electron chi connectivity index (χ1n) is 6.33. The molecule has 0 atom stereocenters. The van der Waals surface area contributed by atoms with Crippen LogP contribution in [0.15, 0.2) is 4.99 Å². The van der Waals surface area contributed by atoms with E-state index in [4.69, 9.17) is 10.00 Å². The summed E-state index contributed by atoms with van der Waals surface area (Å²) in [5, 5.41) is 11.5. The van der Waals surface area contributed by atoms with Crippen LogP contribution < -0.4 is 5.32 Å². The first-order chi connectivity index (χ1) is 8.77. The van der Waals surface area contributed by atoms with Gasteiger partial charge in [0.15, 0.2) is 0 Å². The summed E-state index contributed by atoms with van der Waals surface area (Å²) >= 11 is 0. The predicted molar refractivity (Wildman–Crippen MR) is 68.0 cm³/mol. The lowest BCUT2D eigenvalue weighted by atomic mass is 10.3. The molecule has 0 saturated carbocycles. The Balaban J connectivity index is 2.45. The highest BCUT2D eigenvalue weighted by Gasteiger charge is 2.17. The van der Waals surface area contributed by atoms with Gasteiger partial charge in [0.1, 0.15) is 5.84 Å². The van der Waals surface area contributed by atoms with Crippen LogP contribution in [-0.2, 0) is 9.53 Å². The van der Waals surface area contributed by atoms with E-state index in [1.54, 1.807) is 6.19 Å². The van der Waals surface area contributed by atoms with E-state index in [0.717, 1.165) is 12.8 Å². The molecular weight excluding hydrogens is 232 g/mol. The fourth-order valence-electron chi connectivity index (χ4n) is 1.71. The van der Waals surface area contributed by atoms with Gasteiger partial charge in [-0.3, -0.25) is 4.79 Å². The van der Waals surface area contributed by atoms with Gasteiger partial charge < -0.3 is 15.0 Å². The summed E-state index contributed by atoms with van der Waals surface area (Å²) in [6.45, 7) is 5.34. The van der Waals surface area contributed by atoms with Crippen molar-refractivity contribution in [2.24, 2.45) is 4.99 Å². The third-order valence-electron chi connectivity index (χ3n) is 2.73. The molecule has 1 amide bonds. The van der Waals surface area contributed by atoms with Gasteiger partial charge in [0.05, 0.1) is 19.6 Å². The van der Waals surface area contributed by atoms with Crippen molar-refractivity contribution in [3.05, 3.63) is 0 Å². The average Bonchev–Trinajstić information content (AvgIpc) is 2.39. The van der Waals surface area contributed by atoms with Crippen LogP contribution in [0.5, 0.6) is 0 Å². The summed E-state index contributed by atoms with van der Waals surface area (Å²) in [5.74, 6) is 0.457. The van der Waals surface area contributed by atoms with Crippen molar-refractivity contribution in [2.75, 3.05) is 32.8 Å². The minimum absolute atomic E-state index is 0.0797. The Kier molecular flexibility index (Phi) is 6.81. The Bertz CT molecular complexity index is 329. The van der Waals surface area contributed by atoms with Crippen molar-refractivity contribution in [1.82, 2.24) is 10.2 Å². The zero-order valence-electron chi connectivity index (χ0n) is 10.8. The number of hydrogen-bond acceptors (Lipinski definition) is 4. The Labute approximate surface area is 108 Å². The quantitative estimate of drug-likeness (QED) is 0.334. The predicted octanol–water partition coefficient (Wildman–Crippen LogP) is 0.505. The van der Waals surface area contributed by atoms with Gasteiger partial charge in [-0.15, -0.1) is 0 Å². The van der Waals surface area contributed by atoms with Crippen LogP contribution >= 0.6 is 0 Å². The second-order valence-electron chi connectivity index (χ2n) is 4.11. The highest BCUT2D eigenvalue weighted by molar-refractivity contribution is 6.00. The van der Waals surface area contributed by atoms with E-state index in [2.05, 4.69) is 17.2 Å². The fraction of sp³-hybridized carbons (Fsp3) is 0.750. The number of rotatable bonds is 5. The average molecular weight is 252 g/mol. The van der Waals surface area contributed by atoms with Crippen LogP contribution in [0.25, 0.3) is 0 Å². The standard InChI is InChI=1S/C12H20N4O2/c1-2-3-4-14-12(17)9-11(15-10-13)16-5-7-18-8-6-16/h2-9H2,1H3,(H,14,17). The highest BCUT2D eigenvalue weighted by atomic mass is 16.5. The Morgan fingerprint density at radius 1 is 1.50 bits per heavy atom. The Morgan fingerprint density at radius 2 is 2.22 bits per heavy atom. The van der Waals surface area contributed by atoms with E-state index in [1.807, 2.05) is 4.90 Å². The summed E-state index contributed by atoms with van der Waals surface area (Å²) in [5.41, 5.74) is 0. The fourth-order valence-corrected chi connectivity index (χ4v) is 1.71. The molecule has 0 spiro atoms. The minimum Gasteiger partial charge on any atom is -0.378 e. The second-order valence-corrected chi connectivity index (χ2v) is 4.11. The summed E-state index contributed by atoms with van der Waals surface area (Å²) in [4.78, 5) is 17.4. The molecule has 0 bridgehead atoms. The van der Waals surface area contributed by atoms with Crippen molar-refractivity contribution >= 4 is 11.7 Å². The Hall–Kier alpha value is -1.61. The highest BCUT2D eigenvalue weighted by Crippen LogP contribution is 2.02. The van der Waals surface area contributed by atoms with E-state index < -0.39 is 0 Å². The van der Waals surface area contributed by atoms with Gasteiger partial charge in [-0.05, 0) is 6.42 Å². The van der Waals surface area contributed by atoms with Gasteiger partial charge >= 0.3 is 0 Å². The largest absolute Gasteiger partial charge is 0.378 e. The third-order valence-corrected chi connectivity index (χ3v) is 2.73. The molecule has 1 aliphatic rings. The molecule has 1 aliphatic heterocycles. The van der Waals surface area contributed by atoms with Gasteiger partial charge in [0.2, 0.25) is 12.1 Å². The number of carbonyl (C=O) groups is 1. The molecule has 18 heavy (non-hydrogen) atoms. The number of nitrogens with zero attached hydrogens (tertiary/aromatic N) is 3. The minimum atomic E-state index is -0.0797. The van der Waals surface area contributed by atoms with Crippen LogP contribution in [0, 0.1) is 11.5 Å². The number of amides is 1. The molecule has 1 saturated heterocycles. The first kappa shape index (κ1) is 14.5. The van der Waals surface area contributed by atoms with Crippen molar-refractivity contribution < 1.29 is 9.53 Å². The maximum atomic E-state index is 11.7. The van der Waals surface area contributed by atoms with Gasteiger partial charge in [0.25, 0.3) is 0 Å². The number of nitriles is 1. The zero-order valence-corrected chi connectivity index (χ0v) is 10.8. The molecule has 0 aliphatic carbocycles. The van der Waals surface area contributed by atoms with E-state index in [0.29, 0.717) is 38.7 Å². The molecule has 0 aromatic carbocycles. The van der Waals surface area contributed by atoms with Crippen LogP contribution in [0.2, 0.25) is 0 Å². The smallest absolute Gasteiger partial charge is 0.227 e. The summed E-state index contributed by atoms with van der Waals surface area (Å²) < 4.78 is 5.23. The molecule has 1 N–H and O–H groups in total. The van der Waals surface area contributed by atoms with Crippen molar-refractivity contribution in [3.8, 4) is 6.19 Å². The van der Waals surface area contributed by atoms with Crippen molar-refractivity contribution in [1.29, 1.82) is 5.26 Å². The molecule has 1 fully saturated rings. The lowest BCUT2D eigenvalue weighted by Gasteiger charge is -2.29. The van der Waals surface area contributed by atoms with Gasteiger partial charge in [-0.2, -0.15) is 10.3 Å². The van der Waals surface area contributed by atoms with Gasteiger partial charge in [0, 0.05) is 19.6 Å².